The molecule has 0 aliphatic carbocycles. The minimum atomic E-state index is -0.465. The van der Waals surface area contributed by atoms with E-state index in [4.69, 9.17) is 0 Å². The average molecular weight is 411 g/mol. The molecule has 1 aromatic carbocycles. The van der Waals surface area contributed by atoms with Crippen LogP contribution in [-0.2, 0) is 9.59 Å². The van der Waals surface area contributed by atoms with Crippen molar-refractivity contribution < 1.29 is 14.5 Å². The zero-order valence-electron chi connectivity index (χ0n) is 17.1. The summed E-state index contributed by atoms with van der Waals surface area (Å²) in [5.74, 6) is 0.138. The van der Waals surface area contributed by atoms with E-state index in [1.54, 1.807) is 31.3 Å². The molecule has 0 spiro atoms. The van der Waals surface area contributed by atoms with Crippen LogP contribution in [0.4, 0.5) is 17.2 Å². The Morgan fingerprint density at radius 1 is 1.17 bits per heavy atom. The second-order valence-corrected chi connectivity index (χ2v) is 7.52. The van der Waals surface area contributed by atoms with Crippen molar-refractivity contribution >= 4 is 29.0 Å². The summed E-state index contributed by atoms with van der Waals surface area (Å²) in [6.45, 7) is 4.98. The predicted molar refractivity (Wildman–Crippen MR) is 113 cm³/mol. The number of nitrogens with zero attached hydrogens (tertiary/aromatic N) is 3. The standard InChI is InChI=1S/C21H25N5O4/c1-14-6-7-19(22-12-14)24-21(28)16-8-10-25(11-9-16)13-20(27)23-17-4-3-5-18(15(17)2)26(29)30/h3-7,12,16H,8-11,13H2,1-2H3,(H,23,27)(H,22,24,28). The molecule has 1 aliphatic heterocycles. The number of rotatable bonds is 6. The van der Waals surface area contributed by atoms with Gasteiger partial charge in [-0.2, -0.15) is 0 Å². The number of aryl methyl sites for hydroxylation is 1. The van der Waals surface area contributed by atoms with Crippen LogP contribution in [0.2, 0.25) is 0 Å². The maximum Gasteiger partial charge on any atom is 0.274 e. The minimum Gasteiger partial charge on any atom is -0.324 e. The Labute approximate surface area is 174 Å². The van der Waals surface area contributed by atoms with Crippen molar-refractivity contribution in [1.29, 1.82) is 0 Å². The van der Waals surface area contributed by atoms with Crippen LogP contribution >= 0.6 is 0 Å². The fourth-order valence-corrected chi connectivity index (χ4v) is 3.47. The molecule has 2 heterocycles. The predicted octanol–water partition coefficient (Wildman–Crippen LogP) is 2.90. The Kier molecular flexibility index (Phi) is 6.73. The zero-order chi connectivity index (χ0) is 21.7. The van der Waals surface area contributed by atoms with E-state index >= 15 is 0 Å². The molecule has 0 atom stereocenters. The van der Waals surface area contributed by atoms with Gasteiger partial charge in [0, 0.05) is 18.2 Å². The van der Waals surface area contributed by atoms with Crippen LogP contribution in [0.25, 0.3) is 0 Å². The summed E-state index contributed by atoms with van der Waals surface area (Å²) in [7, 11) is 0. The maximum absolute atomic E-state index is 12.4. The summed E-state index contributed by atoms with van der Waals surface area (Å²) in [4.78, 5) is 41.6. The van der Waals surface area contributed by atoms with E-state index in [1.165, 1.54) is 6.07 Å². The van der Waals surface area contributed by atoms with E-state index in [0.717, 1.165) is 5.56 Å². The molecule has 3 rings (SSSR count). The van der Waals surface area contributed by atoms with Gasteiger partial charge in [-0.1, -0.05) is 12.1 Å². The third-order valence-electron chi connectivity index (χ3n) is 5.26. The topological polar surface area (TPSA) is 117 Å². The molecule has 2 N–H and O–H groups in total. The van der Waals surface area contributed by atoms with Crippen LogP contribution in [0.5, 0.6) is 0 Å². The van der Waals surface area contributed by atoms with Gasteiger partial charge in [0.05, 0.1) is 22.7 Å². The van der Waals surface area contributed by atoms with Crippen molar-refractivity contribution in [2.75, 3.05) is 30.3 Å². The Balaban J connectivity index is 1.48. The monoisotopic (exact) mass is 411 g/mol. The van der Waals surface area contributed by atoms with Gasteiger partial charge in [-0.05, 0) is 57.5 Å². The Bertz CT molecular complexity index is 937. The van der Waals surface area contributed by atoms with Crippen LogP contribution in [0.15, 0.2) is 36.5 Å². The van der Waals surface area contributed by atoms with Gasteiger partial charge in [0.25, 0.3) is 5.69 Å². The number of likely N-dealkylation sites (tertiary alicyclic amines) is 1. The summed E-state index contributed by atoms with van der Waals surface area (Å²) < 4.78 is 0. The number of nitro groups is 1. The number of nitro benzene ring substituents is 1. The molecule has 0 bridgehead atoms. The first-order valence-corrected chi connectivity index (χ1v) is 9.83. The van der Waals surface area contributed by atoms with Gasteiger partial charge in [0.15, 0.2) is 0 Å². The quantitative estimate of drug-likeness (QED) is 0.557. The number of piperidine rings is 1. The second kappa shape index (κ2) is 9.45. The van der Waals surface area contributed by atoms with Gasteiger partial charge in [0.1, 0.15) is 5.82 Å². The van der Waals surface area contributed by atoms with E-state index in [1.807, 2.05) is 17.9 Å². The van der Waals surface area contributed by atoms with Gasteiger partial charge in [-0.3, -0.25) is 24.6 Å². The Morgan fingerprint density at radius 2 is 1.90 bits per heavy atom. The van der Waals surface area contributed by atoms with Crippen LogP contribution in [0, 0.1) is 29.9 Å². The van der Waals surface area contributed by atoms with Crippen molar-refractivity contribution in [3.05, 3.63) is 57.8 Å². The van der Waals surface area contributed by atoms with Crippen LogP contribution < -0.4 is 10.6 Å². The van der Waals surface area contributed by atoms with Gasteiger partial charge in [0.2, 0.25) is 11.8 Å². The molecular weight excluding hydrogens is 386 g/mol. The first kappa shape index (κ1) is 21.4. The first-order chi connectivity index (χ1) is 14.3. The average Bonchev–Trinajstić information content (AvgIpc) is 2.71. The maximum atomic E-state index is 12.4. The van der Waals surface area contributed by atoms with Crippen molar-refractivity contribution in [3.63, 3.8) is 0 Å². The van der Waals surface area contributed by atoms with E-state index < -0.39 is 4.92 Å². The van der Waals surface area contributed by atoms with Crippen molar-refractivity contribution in [2.24, 2.45) is 5.92 Å². The summed E-state index contributed by atoms with van der Waals surface area (Å²) >= 11 is 0. The van der Waals surface area contributed by atoms with Crippen LogP contribution in [0.3, 0.4) is 0 Å². The third kappa shape index (κ3) is 5.38. The molecule has 9 nitrogen and oxygen atoms in total. The molecule has 1 fully saturated rings. The third-order valence-corrected chi connectivity index (χ3v) is 5.26. The van der Waals surface area contributed by atoms with Gasteiger partial charge < -0.3 is 10.6 Å². The van der Waals surface area contributed by atoms with E-state index in [9.17, 15) is 19.7 Å². The lowest BCUT2D eigenvalue weighted by molar-refractivity contribution is -0.385. The number of aromatic nitrogens is 1. The highest BCUT2D eigenvalue weighted by Gasteiger charge is 2.26. The van der Waals surface area contributed by atoms with Gasteiger partial charge in [-0.15, -0.1) is 0 Å². The fourth-order valence-electron chi connectivity index (χ4n) is 3.47. The summed E-state index contributed by atoms with van der Waals surface area (Å²) in [5, 5.41) is 16.6. The SMILES string of the molecule is Cc1ccc(NC(=O)C2CCN(CC(=O)Nc3cccc([N+](=O)[O-])c3C)CC2)nc1. The molecule has 158 valence electrons. The largest absolute Gasteiger partial charge is 0.324 e. The van der Waals surface area contributed by atoms with Crippen molar-refractivity contribution in [2.45, 2.75) is 26.7 Å². The molecule has 1 saturated heterocycles. The molecule has 0 unspecified atom stereocenters. The first-order valence-electron chi connectivity index (χ1n) is 9.83. The van der Waals surface area contributed by atoms with Crippen molar-refractivity contribution in [1.82, 2.24) is 9.88 Å². The van der Waals surface area contributed by atoms with E-state index in [0.29, 0.717) is 43.0 Å². The van der Waals surface area contributed by atoms with Crippen LogP contribution in [0.1, 0.15) is 24.0 Å². The number of benzene rings is 1. The Morgan fingerprint density at radius 3 is 2.53 bits per heavy atom. The highest BCUT2D eigenvalue weighted by Crippen LogP contribution is 2.25. The molecule has 1 aliphatic rings. The number of anilines is 2. The summed E-state index contributed by atoms with van der Waals surface area (Å²) in [5.41, 5.74) is 1.87. The van der Waals surface area contributed by atoms with Crippen LogP contribution in [-0.4, -0.2) is 46.3 Å². The number of nitrogens with one attached hydrogen (secondary N) is 2. The Hall–Kier alpha value is -3.33. The highest BCUT2D eigenvalue weighted by molar-refractivity contribution is 5.94. The number of carbonyl (C=O) groups excluding carboxylic acids is 2. The van der Waals surface area contributed by atoms with Gasteiger partial charge >= 0.3 is 0 Å². The summed E-state index contributed by atoms with van der Waals surface area (Å²) in [6, 6.07) is 8.28. The molecule has 2 aromatic rings. The molecule has 1 aromatic heterocycles. The smallest absolute Gasteiger partial charge is 0.274 e. The molecule has 9 heteroatoms. The molecule has 30 heavy (non-hydrogen) atoms. The molecule has 0 radical (unpaired) electrons. The van der Waals surface area contributed by atoms with E-state index in [2.05, 4.69) is 15.6 Å². The molecule has 2 amide bonds. The number of carbonyl (C=O) groups is 2. The minimum absolute atomic E-state index is 0.0253. The normalized spacial score (nSPS) is 14.9. The zero-order valence-corrected chi connectivity index (χ0v) is 17.1. The van der Waals surface area contributed by atoms with Crippen molar-refractivity contribution in [3.8, 4) is 0 Å². The molecular formula is C21H25N5O4. The lowest BCUT2D eigenvalue weighted by atomic mass is 9.96. The number of amides is 2. The lowest BCUT2D eigenvalue weighted by Gasteiger charge is -2.30. The van der Waals surface area contributed by atoms with E-state index in [-0.39, 0.29) is 30.0 Å². The fraction of sp³-hybridized carbons (Fsp3) is 0.381. The molecule has 0 saturated carbocycles. The second-order valence-electron chi connectivity index (χ2n) is 7.52. The highest BCUT2D eigenvalue weighted by atomic mass is 16.6. The lowest BCUT2D eigenvalue weighted by Crippen LogP contribution is -2.41. The van der Waals surface area contributed by atoms with Gasteiger partial charge in [-0.25, -0.2) is 4.98 Å². The number of hydrogen-bond acceptors (Lipinski definition) is 6. The number of pyridine rings is 1. The number of hydrogen-bond donors (Lipinski definition) is 2. The summed E-state index contributed by atoms with van der Waals surface area (Å²) in [6.07, 6.45) is 3.02.